The van der Waals surface area contributed by atoms with Gasteiger partial charge in [-0.05, 0) is 35.9 Å². The summed E-state index contributed by atoms with van der Waals surface area (Å²) in [6.45, 7) is 0.820. The number of nitrogens with zero attached hydrogens (tertiary/aromatic N) is 4. The molecule has 0 unspecified atom stereocenters. The summed E-state index contributed by atoms with van der Waals surface area (Å²) in [4.78, 5) is 1.60. The normalized spacial score (nSPS) is 10.6. The van der Waals surface area contributed by atoms with Crippen molar-refractivity contribution >= 4 is 5.69 Å². The van der Waals surface area contributed by atoms with Crippen LogP contribution in [0.5, 0.6) is 0 Å². The molecule has 0 spiro atoms. The molecule has 2 aromatic heterocycles. The van der Waals surface area contributed by atoms with E-state index in [1.54, 1.807) is 17.2 Å². The van der Waals surface area contributed by atoms with Crippen molar-refractivity contribution in [1.29, 1.82) is 0 Å². The molecule has 3 rings (SSSR count). The Morgan fingerprint density at radius 2 is 1.79 bits per heavy atom. The van der Waals surface area contributed by atoms with E-state index in [0.717, 1.165) is 17.9 Å². The minimum atomic E-state index is 0.820. The van der Waals surface area contributed by atoms with Gasteiger partial charge in [-0.3, -0.25) is 0 Å². The quantitative estimate of drug-likeness (QED) is 0.775. The summed E-state index contributed by atoms with van der Waals surface area (Å²) in [6.07, 6.45) is 7.49. The van der Waals surface area contributed by atoms with Crippen LogP contribution in [0, 0.1) is 0 Å². The Kier molecular flexibility index (Phi) is 3.02. The monoisotopic (exact) mass is 253 g/mol. The molecule has 0 aliphatic heterocycles. The zero-order chi connectivity index (χ0) is 13.1. The van der Waals surface area contributed by atoms with E-state index in [2.05, 4.69) is 27.8 Å². The Morgan fingerprint density at radius 3 is 2.42 bits per heavy atom. The van der Waals surface area contributed by atoms with Crippen molar-refractivity contribution in [3.63, 3.8) is 0 Å². The minimum Gasteiger partial charge on any atom is -0.381 e. The van der Waals surface area contributed by atoms with E-state index in [1.165, 1.54) is 5.56 Å². The first-order chi connectivity index (χ1) is 9.31. The fraction of sp³-hybridized carbons (Fsp3) is 0.143. The molecule has 1 aromatic carbocycles. The third-order valence-electron chi connectivity index (χ3n) is 2.91. The fourth-order valence-electron chi connectivity index (χ4n) is 1.93. The average Bonchev–Trinajstić information content (AvgIpc) is 3.08. The van der Waals surface area contributed by atoms with Crippen LogP contribution in [-0.4, -0.2) is 19.6 Å². The summed E-state index contributed by atoms with van der Waals surface area (Å²) in [5.41, 5.74) is 3.30. The maximum atomic E-state index is 4.09. The van der Waals surface area contributed by atoms with Crippen LogP contribution in [0.4, 0.5) is 5.69 Å². The topological polar surface area (TPSA) is 47.7 Å². The van der Waals surface area contributed by atoms with Crippen LogP contribution in [0.1, 0.15) is 5.56 Å². The number of aryl methyl sites for hydroxylation is 1. The van der Waals surface area contributed by atoms with Gasteiger partial charge < -0.3 is 9.88 Å². The lowest BCUT2D eigenvalue weighted by Gasteiger charge is -2.06. The van der Waals surface area contributed by atoms with Crippen molar-refractivity contribution in [2.75, 3.05) is 5.32 Å². The van der Waals surface area contributed by atoms with E-state index in [1.807, 2.05) is 42.1 Å². The standard InChI is InChI=1S/C14H15N5/c1-18-9-6-12(11-18)10-15-13-2-4-14(5-3-13)19-16-7-8-17-19/h2-9,11,15H,10H2,1H3. The highest BCUT2D eigenvalue weighted by atomic mass is 15.5. The average molecular weight is 253 g/mol. The molecule has 0 radical (unpaired) electrons. The van der Waals surface area contributed by atoms with Gasteiger partial charge >= 0.3 is 0 Å². The summed E-state index contributed by atoms with van der Waals surface area (Å²) in [5.74, 6) is 0. The van der Waals surface area contributed by atoms with Gasteiger partial charge in [0.25, 0.3) is 0 Å². The highest BCUT2D eigenvalue weighted by Gasteiger charge is 1.99. The lowest BCUT2D eigenvalue weighted by molar-refractivity contribution is 0.752. The molecule has 19 heavy (non-hydrogen) atoms. The third-order valence-corrected chi connectivity index (χ3v) is 2.91. The second-order valence-corrected chi connectivity index (χ2v) is 4.40. The van der Waals surface area contributed by atoms with Crippen LogP contribution in [-0.2, 0) is 13.6 Å². The fourth-order valence-corrected chi connectivity index (χ4v) is 1.93. The van der Waals surface area contributed by atoms with Crippen LogP contribution < -0.4 is 5.32 Å². The first-order valence-electron chi connectivity index (χ1n) is 6.13. The summed E-state index contributed by atoms with van der Waals surface area (Å²) >= 11 is 0. The number of aromatic nitrogens is 4. The second kappa shape index (κ2) is 4.97. The van der Waals surface area contributed by atoms with Crippen molar-refractivity contribution in [3.8, 4) is 5.69 Å². The number of benzene rings is 1. The van der Waals surface area contributed by atoms with E-state index >= 15 is 0 Å². The molecule has 5 nitrogen and oxygen atoms in total. The van der Waals surface area contributed by atoms with E-state index < -0.39 is 0 Å². The maximum absolute atomic E-state index is 4.09. The molecule has 0 aliphatic rings. The first-order valence-corrected chi connectivity index (χ1v) is 6.13. The highest BCUT2D eigenvalue weighted by molar-refractivity contribution is 5.48. The molecule has 2 heterocycles. The molecule has 0 aliphatic carbocycles. The number of nitrogens with one attached hydrogen (secondary N) is 1. The number of hydrogen-bond acceptors (Lipinski definition) is 3. The molecule has 1 N–H and O–H groups in total. The van der Waals surface area contributed by atoms with E-state index in [4.69, 9.17) is 0 Å². The lowest BCUT2D eigenvalue weighted by Crippen LogP contribution is -2.00. The molecule has 0 saturated heterocycles. The predicted octanol–water partition coefficient (Wildman–Crippen LogP) is 2.22. The summed E-state index contributed by atoms with van der Waals surface area (Å²) in [6, 6.07) is 10.2. The Bertz CT molecular complexity index is 637. The van der Waals surface area contributed by atoms with Gasteiger partial charge in [0.1, 0.15) is 0 Å². The van der Waals surface area contributed by atoms with E-state index in [0.29, 0.717) is 0 Å². The maximum Gasteiger partial charge on any atom is 0.0858 e. The molecule has 0 saturated carbocycles. The van der Waals surface area contributed by atoms with E-state index in [9.17, 15) is 0 Å². The van der Waals surface area contributed by atoms with Crippen LogP contribution in [0.15, 0.2) is 55.1 Å². The Hall–Kier alpha value is -2.56. The minimum absolute atomic E-state index is 0.820. The Morgan fingerprint density at radius 1 is 1.05 bits per heavy atom. The van der Waals surface area contributed by atoms with Gasteiger partial charge in [0, 0.05) is 31.7 Å². The van der Waals surface area contributed by atoms with Crippen LogP contribution in [0.2, 0.25) is 0 Å². The summed E-state index contributed by atoms with van der Waals surface area (Å²) in [7, 11) is 2.02. The summed E-state index contributed by atoms with van der Waals surface area (Å²) < 4.78 is 2.05. The van der Waals surface area contributed by atoms with Crippen molar-refractivity contribution in [1.82, 2.24) is 19.6 Å². The number of hydrogen-bond donors (Lipinski definition) is 1. The van der Waals surface area contributed by atoms with Gasteiger partial charge in [-0.2, -0.15) is 15.0 Å². The summed E-state index contributed by atoms with van der Waals surface area (Å²) in [5, 5.41) is 11.6. The predicted molar refractivity (Wildman–Crippen MR) is 74.1 cm³/mol. The molecule has 0 amide bonds. The van der Waals surface area contributed by atoms with Crippen molar-refractivity contribution in [2.24, 2.45) is 7.05 Å². The van der Waals surface area contributed by atoms with Gasteiger partial charge in [0.2, 0.25) is 0 Å². The Balaban J connectivity index is 1.66. The van der Waals surface area contributed by atoms with Gasteiger partial charge in [0.05, 0.1) is 18.1 Å². The van der Waals surface area contributed by atoms with Crippen molar-refractivity contribution in [3.05, 3.63) is 60.7 Å². The van der Waals surface area contributed by atoms with E-state index in [-0.39, 0.29) is 0 Å². The molecular formula is C14H15N5. The highest BCUT2D eigenvalue weighted by Crippen LogP contribution is 2.13. The molecule has 96 valence electrons. The molecular weight excluding hydrogens is 238 g/mol. The van der Waals surface area contributed by atoms with Gasteiger partial charge in [0.15, 0.2) is 0 Å². The van der Waals surface area contributed by atoms with Crippen LogP contribution >= 0.6 is 0 Å². The number of anilines is 1. The Labute approximate surface area is 111 Å². The molecule has 5 heteroatoms. The van der Waals surface area contributed by atoms with Gasteiger partial charge in [-0.25, -0.2) is 0 Å². The molecule has 3 aromatic rings. The van der Waals surface area contributed by atoms with Gasteiger partial charge in [-0.15, -0.1) is 0 Å². The number of rotatable bonds is 4. The molecule has 0 atom stereocenters. The van der Waals surface area contributed by atoms with Crippen molar-refractivity contribution in [2.45, 2.75) is 6.54 Å². The largest absolute Gasteiger partial charge is 0.381 e. The first kappa shape index (κ1) is 11.5. The van der Waals surface area contributed by atoms with Crippen molar-refractivity contribution < 1.29 is 0 Å². The third kappa shape index (κ3) is 2.65. The van der Waals surface area contributed by atoms with Crippen LogP contribution in [0.25, 0.3) is 5.69 Å². The lowest BCUT2D eigenvalue weighted by atomic mass is 10.2. The molecule has 0 bridgehead atoms. The zero-order valence-electron chi connectivity index (χ0n) is 10.7. The smallest absolute Gasteiger partial charge is 0.0858 e. The van der Waals surface area contributed by atoms with Gasteiger partial charge in [-0.1, -0.05) is 0 Å². The van der Waals surface area contributed by atoms with Crippen LogP contribution in [0.3, 0.4) is 0 Å². The second-order valence-electron chi connectivity index (χ2n) is 4.40. The zero-order valence-corrected chi connectivity index (χ0v) is 10.7. The molecule has 0 fully saturated rings. The SMILES string of the molecule is Cn1ccc(CNc2ccc(-n3nccn3)cc2)c1.